The van der Waals surface area contributed by atoms with Crippen molar-refractivity contribution in [3.05, 3.63) is 65.2 Å². The summed E-state index contributed by atoms with van der Waals surface area (Å²) >= 11 is 0. The van der Waals surface area contributed by atoms with Crippen LogP contribution in [0.4, 0.5) is 14.5 Å². The number of carbonyl (C=O) groups is 1. The lowest BCUT2D eigenvalue weighted by Crippen LogP contribution is -2.24. The van der Waals surface area contributed by atoms with Crippen molar-refractivity contribution in [3.8, 4) is 0 Å². The van der Waals surface area contributed by atoms with Gasteiger partial charge in [-0.25, -0.2) is 13.6 Å². The number of hydrogen-bond acceptors (Lipinski definition) is 3. The van der Waals surface area contributed by atoms with E-state index in [1.54, 1.807) is 32.9 Å². The Labute approximate surface area is 134 Å². The average Bonchev–Trinajstić information content (AvgIpc) is 2.45. The molecule has 0 aliphatic carbocycles. The SMILES string of the molecule is CC(C)(C)OC(=O)c1cc(F)c(CNc2ccccc2)c(F)c1. The van der Waals surface area contributed by atoms with Crippen LogP contribution in [0.25, 0.3) is 0 Å². The monoisotopic (exact) mass is 319 g/mol. The molecule has 0 radical (unpaired) electrons. The number of carbonyl (C=O) groups excluding carboxylic acids is 1. The van der Waals surface area contributed by atoms with Gasteiger partial charge < -0.3 is 10.1 Å². The average molecular weight is 319 g/mol. The Kier molecular flexibility index (Phi) is 4.98. The zero-order chi connectivity index (χ0) is 17.0. The number of para-hydroxylation sites is 1. The lowest BCUT2D eigenvalue weighted by Gasteiger charge is -2.19. The molecule has 2 aromatic rings. The van der Waals surface area contributed by atoms with Gasteiger partial charge in [0.15, 0.2) is 0 Å². The van der Waals surface area contributed by atoms with Crippen LogP contribution >= 0.6 is 0 Å². The summed E-state index contributed by atoms with van der Waals surface area (Å²) in [4.78, 5) is 11.9. The van der Waals surface area contributed by atoms with Gasteiger partial charge in [0.1, 0.15) is 17.2 Å². The molecule has 122 valence electrons. The van der Waals surface area contributed by atoms with Gasteiger partial charge in [-0.2, -0.15) is 0 Å². The van der Waals surface area contributed by atoms with Crippen molar-refractivity contribution in [1.29, 1.82) is 0 Å². The summed E-state index contributed by atoms with van der Waals surface area (Å²) < 4.78 is 33.4. The zero-order valence-corrected chi connectivity index (χ0v) is 13.3. The van der Waals surface area contributed by atoms with Crippen LogP contribution in [0.2, 0.25) is 0 Å². The molecule has 0 aliphatic heterocycles. The standard InChI is InChI=1S/C18H19F2NO2/c1-18(2,3)23-17(22)12-9-15(19)14(16(20)10-12)11-21-13-7-5-4-6-8-13/h4-10,21H,11H2,1-3H3. The topological polar surface area (TPSA) is 38.3 Å². The largest absolute Gasteiger partial charge is 0.456 e. The molecular weight excluding hydrogens is 300 g/mol. The quantitative estimate of drug-likeness (QED) is 0.841. The third kappa shape index (κ3) is 4.77. The third-order valence-electron chi connectivity index (χ3n) is 3.02. The lowest BCUT2D eigenvalue weighted by molar-refractivity contribution is 0.00684. The van der Waals surface area contributed by atoms with E-state index in [4.69, 9.17) is 4.74 Å². The maximum atomic E-state index is 14.1. The molecule has 0 unspecified atom stereocenters. The van der Waals surface area contributed by atoms with E-state index in [1.165, 1.54) is 0 Å². The number of nitrogens with one attached hydrogen (secondary N) is 1. The Bertz CT molecular complexity index is 671. The van der Waals surface area contributed by atoms with Crippen LogP contribution in [0.3, 0.4) is 0 Å². The van der Waals surface area contributed by atoms with E-state index < -0.39 is 23.2 Å². The fourth-order valence-electron chi connectivity index (χ4n) is 1.97. The van der Waals surface area contributed by atoms with Crippen molar-refractivity contribution in [2.45, 2.75) is 32.9 Å². The second kappa shape index (κ2) is 6.77. The van der Waals surface area contributed by atoms with Gasteiger partial charge in [-0.15, -0.1) is 0 Å². The first-order valence-electron chi connectivity index (χ1n) is 7.26. The van der Waals surface area contributed by atoms with Crippen LogP contribution in [-0.4, -0.2) is 11.6 Å². The van der Waals surface area contributed by atoms with E-state index in [0.717, 1.165) is 17.8 Å². The first-order chi connectivity index (χ1) is 10.8. The van der Waals surface area contributed by atoms with Crippen LogP contribution in [0.1, 0.15) is 36.7 Å². The van der Waals surface area contributed by atoms with E-state index in [0.29, 0.717) is 0 Å². The number of hydrogen-bond donors (Lipinski definition) is 1. The molecule has 0 bridgehead atoms. The lowest BCUT2D eigenvalue weighted by atomic mass is 10.1. The van der Waals surface area contributed by atoms with Gasteiger partial charge in [0, 0.05) is 17.8 Å². The van der Waals surface area contributed by atoms with Crippen LogP contribution in [0.5, 0.6) is 0 Å². The van der Waals surface area contributed by atoms with Crippen molar-refractivity contribution in [3.63, 3.8) is 0 Å². The van der Waals surface area contributed by atoms with E-state index in [-0.39, 0.29) is 17.7 Å². The molecule has 0 atom stereocenters. The number of anilines is 1. The van der Waals surface area contributed by atoms with E-state index in [1.807, 2.05) is 18.2 Å². The van der Waals surface area contributed by atoms with Crippen LogP contribution in [0.15, 0.2) is 42.5 Å². The zero-order valence-electron chi connectivity index (χ0n) is 13.3. The van der Waals surface area contributed by atoms with Gasteiger partial charge in [-0.1, -0.05) is 18.2 Å². The molecular formula is C18H19F2NO2. The van der Waals surface area contributed by atoms with E-state index in [2.05, 4.69) is 5.32 Å². The molecule has 2 rings (SSSR count). The van der Waals surface area contributed by atoms with Gasteiger partial charge in [0.05, 0.1) is 5.56 Å². The maximum Gasteiger partial charge on any atom is 0.338 e. The second-order valence-electron chi connectivity index (χ2n) is 6.14. The molecule has 2 aromatic carbocycles. The van der Waals surface area contributed by atoms with Crippen LogP contribution in [0, 0.1) is 11.6 Å². The molecule has 0 heterocycles. The molecule has 3 nitrogen and oxygen atoms in total. The molecule has 0 saturated heterocycles. The minimum Gasteiger partial charge on any atom is -0.456 e. The van der Waals surface area contributed by atoms with E-state index >= 15 is 0 Å². The summed E-state index contributed by atoms with van der Waals surface area (Å²) in [6.45, 7) is 5.05. The molecule has 0 spiro atoms. The summed E-state index contributed by atoms with van der Waals surface area (Å²) in [6, 6.07) is 11.1. The van der Waals surface area contributed by atoms with Crippen molar-refractivity contribution in [1.82, 2.24) is 0 Å². The summed E-state index contributed by atoms with van der Waals surface area (Å²) in [5.74, 6) is -2.32. The predicted octanol–water partition coefficient (Wildman–Crippen LogP) is 4.53. The third-order valence-corrected chi connectivity index (χ3v) is 3.02. The molecule has 23 heavy (non-hydrogen) atoms. The molecule has 0 fully saturated rings. The predicted molar refractivity (Wildman–Crippen MR) is 85.3 cm³/mol. The molecule has 1 N–H and O–H groups in total. The second-order valence-corrected chi connectivity index (χ2v) is 6.14. The highest BCUT2D eigenvalue weighted by Gasteiger charge is 2.21. The van der Waals surface area contributed by atoms with Crippen molar-refractivity contribution < 1.29 is 18.3 Å². The van der Waals surface area contributed by atoms with Gasteiger partial charge in [-0.3, -0.25) is 0 Å². The number of benzene rings is 2. The molecule has 0 aliphatic rings. The Balaban J connectivity index is 2.15. The highest BCUT2D eigenvalue weighted by atomic mass is 19.1. The molecule has 0 amide bonds. The Hall–Kier alpha value is -2.43. The maximum absolute atomic E-state index is 14.1. The first kappa shape index (κ1) is 16.9. The Morgan fingerprint density at radius 3 is 2.17 bits per heavy atom. The summed E-state index contributed by atoms with van der Waals surface area (Å²) in [6.07, 6.45) is 0. The van der Waals surface area contributed by atoms with Crippen molar-refractivity contribution >= 4 is 11.7 Å². The number of ether oxygens (including phenoxy) is 1. The highest BCUT2D eigenvalue weighted by Crippen LogP contribution is 2.20. The van der Waals surface area contributed by atoms with Gasteiger partial charge in [0.25, 0.3) is 0 Å². The summed E-state index contributed by atoms with van der Waals surface area (Å²) in [7, 11) is 0. The number of esters is 1. The van der Waals surface area contributed by atoms with Crippen molar-refractivity contribution in [2.75, 3.05) is 5.32 Å². The molecule has 0 saturated carbocycles. The molecule has 0 aromatic heterocycles. The van der Waals surface area contributed by atoms with Gasteiger partial charge in [-0.05, 0) is 45.0 Å². The van der Waals surface area contributed by atoms with Gasteiger partial charge >= 0.3 is 5.97 Å². The molecule has 5 heteroatoms. The minimum absolute atomic E-state index is 0.0176. The van der Waals surface area contributed by atoms with Crippen molar-refractivity contribution in [2.24, 2.45) is 0 Å². The normalized spacial score (nSPS) is 11.2. The number of halogens is 2. The van der Waals surface area contributed by atoms with Crippen LogP contribution in [-0.2, 0) is 11.3 Å². The Morgan fingerprint density at radius 1 is 1.09 bits per heavy atom. The summed E-state index contributed by atoms with van der Waals surface area (Å²) in [5, 5.41) is 2.93. The number of rotatable bonds is 4. The van der Waals surface area contributed by atoms with Gasteiger partial charge in [0.2, 0.25) is 0 Å². The first-order valence-corrected chi connectivity index (χ1v) is 7.26. The fraction of sp³-hybridized carbons (Fsp3) is 0.278. The van der Waals surface area contributed by atoms with E-state index in [9.17, 15) is 13.6 Å². The Morgan fingerprint density at radius 2 is 1.65 bits per heavy atom. The smallest absolute Gasteiger partial charge is 0.338 e. The fourth-order valence-corrected chi connectivity index (χ4v) is 1.97. The minimum atomic E-state index is -0.783. The highest BCUT2D eigenvalue weighted by molar-refractivity contribution is 5.89. The van der Waals surface area contributed by atoms with Crippen LogP contribution < -0.4 is 5.32 Å². The summed E-state index contributed by atoms with van der Waals surface area (Å²) in [5.41, 5.74) is -0.237.